The lowest BCUT2D eigenvalue weighted by atomic mass is 10.1. The number of ketones is 1. The van der Waals surface area contributed by atoms with Crippen molar-refractivity contribution in [2.45, 2.75) is 13.5 Å². The molecule has 0 unspecified atom stereocenters. The van der Waals surface area contributed by atoms with E-state index in [1.807, 2.05) is 17.0 Å². The molecule has 6 nitrogen and oxygen atoms in total. The van der Waals surface area contributed by atoms with Crippen LogP contribution in [0.5, 0.6) is 11.5 Å². The fourth-order valence-electron chi connectivity index (χ4n) is 3.28. The van der Waals surface area contributed by atoms with Crippen molar-refractivity contribution in [2.75, 3.05) is 40.4 Å². The Morgan fingerprint density at radius 2 is 1.70 bits per heavy atom. The maximum absolute atomic E-state index is 12.6. The third-order valence-electron chi connectivity index (χ3n) is 4.82. The van der Waals surface area contributed by atoms with Crippen molar-refractivity contribution in [1.82, 2.24) is 4.90 Å². The number of Topliss-reactive ketones (excluding diaryl/α,β-unsaturated/α-hetero) is 1. The van der Waals surface area contributed by atoms with E-state index in [-0.39, 0.29) is 11.7 Å². The molecule has 1 fully saturated rings. The van der Waals surface area contributed by atoms with Crippen LogP contribution in [0.2, 0.25) is 0 Å². The van der Waals surface area contributed by atoms with E-state index in [1.165, 1.54) is 28.7 Å². The van der Waals surface area contributed by atoms with Crippen LogP contribution in [0.4, 0.5) is 0 Å². The number of hydrogen-bond donors (Lipinski definition) is 1. The third kappa shape index (κ3) is 4.48. The fourth-order valence-corrected chi connectivity index (χ4v) is 4.15. The molecule has 1 aromatic heterocycles. The van der Waals surface area contributed by atoms with Crippen LogP contribution in [0.1, 0.15) is 31.8 Å². The summed E-state index contributed by atoms with van der Waals surface area (Å²) in [5.74, 6) is 1.50. The van der Waals surface area contributed by atoms with Gasteiger partial charge in [0.15, 0.2) is 17.3 Å². The highest BCUT2D eigenvalue weighted by Crippen LogP contribution is 2.27. The Balaban J connectivity index is 1.57. The number of carbonyl (C=O) groups is 2. The second-order valence-corrected chi connectivity index (χ2v) is 7.71. The minimum atomic E-state index is 0.00299. The number of methoxy groups -OCH3 is 2. The van der Waals surface area contributed by atoms with Crippen LogP contribution in [0.25, 0.3) is 0 Å². The summed E-state index contributed by atoms with van der Waals surface area (Å²) >= 11 is 1.28. The van der Waals surface area contributed by atoms with Gasteiger partial charge in [-0.1, -0.05) is 0 Å². The van der Waals surface area contributed by atoms with Gasteiger partial charge in [0.25, 0.3) is 5.91 Å². The van der Waals surface area contributed by atoms with Crippen LogP contribution in [0.15, 0.2) is 30.3 Å². The molecule has 2 aromatic rings. The van der Waals surface area contributed by atoms with Crippen molar-refractivity contribution >= 4 is 23.0 Å². The van der Waals surface area contributed by atoms with Gasteiger partial charge in [0.1, 0.15) is 6.54 Å². The summed E-state index contributed by atoms with van der Waals surface area (Å²) < 4.78 is 10.7. The summed E-state index contributed by atoms with van der Waals surface area (Å²) in [5.41, 5.74) is 1.19. The first kappa shape index (κ1) is 19.4. The molecule has 1 saturated heterocycles. The molecule has 1 aliphatic heterocycles. The first-order valence-electron chi connectivity index (χ1n) is 8.96. The maximum Gasteiger partial charge on any atom is 0.264 e. The predicted molar refractivity (Wildman–Crippen MR) is 104 cm³/mol. The van der Waals surface area contributed by atoms with E-state index < -0.39 is 0 Å². The van der Waals surface area contributed by atoms with Gasteiger partial charge in [0.2, 0.25) is 0 Å². The molecule has 1 amide bonds. The summed E-state index contributed by atoms with van der Waals surface area (Å²) in [6.45, 7) is 5.63. The molecule has 0 bridgehead atoms. The lowest BCUT2D eigenvalue weighted by Gasteiger charge is -2.32. The number of quaternary nitrogens is 1. The molecular formula is C20H25N2O4S+. The smallest absolute Gasteiger partial charge is 0.264 e. The highest BCUT2D eigenvalue weighted by atomic mass is 32.1. The number of carbonyl (C=O) groups excluding carboxylic acids is 2. The van der Waals surface area contributed by atoms with Gasteiger partial charge >= 0.3 is 0 Å². The first-order valence-corrected chi connectivity index (χ1v) is 9.78. The molecule has 0 spiro atoms. The number of benzene rings is 1. The van der Waals surface area contributed by atoms with Crippen molar-refractivity contribution in [3.05, 3.63) is 45.6 Å². The Kier molecular flexibility index (Phi) is 6.13. The number of nitrogens with zero attached hydrogens (tertiary/aromatic N) is 1. The SMILES string of the molecule is COc1ccc(C[NH+]2CCN(C(=O)c3ccc(C(C)=O)s3)CC2)cc1OC. The monoisotopic (exact) mass is 389 g/mol. The van der Waals surface area contributed by atoms with Crippen LogP contribution in [0, 0.1) is 0 Å². The zero-order valence-corrected chi connectivity index (χ0v) is 16.7. The minimum absolute atomic E-state index is 0.00299. The van der Waals surface area contributed by atoms with Gasteiger partial charge in [0, 0.05) is 5.56 Å². The molecule has 3 rings (SSSR count). The molecule has 7 heteroatoms. The van der Waals surface area contributed by atoms with Crippen molar-refractivity contribution in [1.29, 1.82) is 0 Å². The van der Waals surface area contributed by atoms with Gasteiger partial charge in [-0.2, -0.15) is 0 Å². The minimum Gasteiger partial charge on any atom is -0.493 e. The number of piperazine rings is 1. The van der Waals surface area contributed by atoms with E-state index in [0.29, 0.717) is 9.75 Å². The van der Waals surface area contributed by atoms with Crippen molar-refractivity contribution in [3.63, 3.8) is 0 Å². The molecule has 1 aromatic carbocycles. The standard InChI is InChI=1S/C20H24N2O4S/c1-14(23)18-6-7-19(27-18)20(24)22-10-8-21(9-11-22)13-15-4-5-16(25-2)17(12-15)26-3/h4-7,12H,8-11,13H2,1-3H3/p+1. The van der Waals surface area contributed by atoms with E-state index in [9.17, 15) is 9.59 Å². The average Bonchev–Trinajstić information content (AvgIpc) is 3.18. The van der Waals surface area contributed by atoms with Crippen LogP contribution in [-0.2, 0) is 6.54 Å². The molecule has 1 aliphatic rings. The van der Waals surface area contributed by atoms with E-state index in [1.54, 1.807) is 26.4 Å². The lowest BCUT2D eigenvalue weighted by molar-refractivity contribution is -0.917. The van der Waals surface area contributed by atoms with Crippen LogP contribution in [0.3, 0.4) is 0 Å². The summed E-state index contributed by atoms with van der Waals surface area (Å²) in [6, 6.07) is 9.49. The van der Waals surface area contributed by atoms with Gasteiger partial charge in [-0.3, -0.25) is 9.59 Å². The molecule has 1 N–H and O–H groups in total. The van der Waals surface area contributed by atoms with E-state index in [2.05, 4.69) is 6.07 Å². The van der Waals surface area contributed by atoms with Gasteiger partial charge in [-0.05, 0) is 37.3 Å². The topological polar surface area (TPSA) is 60.3 Å². The zero-order valence-electron chi connectivity index (χ0n) is 15.9. The Hall–Kier alpha value is -2.38. The summed E-state index contributed by atoms with van der Waals surface area (Å²) in [5, 5.41) is 0. The second kappa shape index (κ2) is 8.54. The predicted octanol–water partition coefficient (Wildman–Crippen LogP) is 1.51. The van der Waals surface area contributed by atoms with Gasteiger partial charge in [-0.25, -0.2) is 0 Å². The highest BCUT2D eigenvalue weighted by molar-refractivity contribution is 7.15. The van der Waals surface area contributed by atoms with Crippen molar-refractivity contribution in [2.24, 2.45) is 0 Å². The number of nitrogens with one attached hydrogen (secondary N) is 1. The Labute approximate surface area is 163 Å². The van der Waals surface area contributed by atoms with E-state index >= 15 is 0 Å². The molecule has 2 heterocycles. The molecular weight excluding hydrogens is 364 g/mol. The molecule has 0 atom stereocenters. The number of amides is 1. The normalized spacial score (nSPS) is 14.9. The van der Waals surface area contributed by atoms with E-state index in [0.717, 1.165) is 44.2 Å². The Bertz CT molecular complexity index is 825. The first-order chi connectivity index (χ1) is 13.0. The average molecular weight is 389 g/mol. The number of ether oxygens (including phenoxy) is 2. The largest absolute Gasteiger partial charge is 0.493 e. The zero-order chi connectivity index (χ0) is 19.4. The van der Waals surface area contributed by atoms with Crippen LogP contribution in [-0.4, -0.2) is 57.0 Å². The quantitative estimate of drug-likeness (QED) is 0.761. The second-order valence-electron chi connectivity index (χ2n) is 6.63. The summed E-state index contributed by atoms with van der Waals surface area (Å²) in [7, 11) is 3.27. The molecule has 27 heavy (non-hydrogen) atoms. The van der Waals surface area contributed by atoms with Gasteiger partial charge in [-0.15, -0.1) is 11.3 Å². The van der Waals surface area contributed by atoms with Gasteiger partial charge < -0.3 is 19.3 Å². The summed E-state index contributed by atoms with van der Waals surface area (Å²) in [6.07, 6.45) is 0. The van der Waals surface area contributed by atoms with Gasteiger partial charge in [0.05, 0.1) is 50.2 Å². The highest BCUT2D eigenvalue weighted by Gasteiger charge is 2.26. The number of hydrogen-bond acceptors (Lipinski definition) is 5. The molecule has 0 radical (unpaired) electrons. The van der Waals surface area contributed by atoms with Crippen molar-refractivity contribution < 1.29 is 24.0 Å². The van der Waals surface area contributed by atoms with Crippen LogP contribution < -0.4 is 14.4 Å². The number of thiophene rings is 1. The lowest BCUT2D eigenvalue weighted by Crippen LogP contribution is -3.13. The molecule has 0 aliphatic carbocycles. The molecule has 0 saturated carbocycles. The Morgan fingerprint density at radius 3 is 2.30 bits per heavy atom. The number of rotatable bonds is 6. The summed E-state index contributed by atoms with van der Waals surface area (Å²) in [4.78, 5) is 28.7. The van der Waals surface area contributed by atoms with E-state index in [4.69, 9.17) is 9.47 Å². The maximum atomic E-state index is 12.6. The van der Waals surface area contributed by atoms with Crippen LogP contribution >= 0.6 is 11.3 Å². The Morgan fingerprint density at radius 1 is 1.04 bits per heavy atom. The fraction of sp³-hybridized carbons (Fsp3) is 0.400. The molecule has 144 valence electrons. The van der Waals surface area contributed by atoms with Crippen molar-refractivity contribution in [3.8, 4) is 11.5 Å². The third-order valence-corrected chi connectivity index (χ3v) is 6.00.